The van der Waals surface area contributed by atoms with E-state index in [1.54, 1.807) is 6.92 Å². The summed E-state index contributed by atoms with van der Waals surface area (Å²) in [4.78, 5) is 25.4. The molecule has 1 heterocycles. The largest absolute Gasteiger partial charge is 0.462 e. The van der Waals surface area contributed by atoms with E-state index in [0.717, 1.165) is 5.57 Å². The molecule has 8 atom stereocenters. The summed E-state index contributed by atoms with van der Waals surface area (Å²) in [6.07, 6.45) is 1.90. The summed E-state index contributed by atoms with van der Waals surface area (Å²) in [5.41, 5.74) is 0.459. The van der Waals surface area contributed by atoms with Crippen LogP contribution in [0.4, 0.5) is 0 Å². The van der Waals surface area contributed by atoms with Crippen LogP contribution in [0.15, 0.2) is 23.8 Å². The Kier molecular flexibility index (Phi) is 3.35. The predicted molar refractivity (Wildman–Crippen MR) is 85.7 cm³/mol. The quantitative estimate of drug-likeness (QED) is 0.560. The van der Waals surface area contributed by atoms with E-state index in [2.05, 4.69) is 6.58 Å². The Morgan fingerprint density at radius 2 is 2.08 bits per heavy atom. The molecule has 2 N–H and O–H groups in total. The number of rotatable bonds is 1. The van der Waals surface area contributed by atoms with Gasteiger partial charge in [0.15, 0.2) is 5.78 Å². The molecule has 0 unspecified atom stereocenters. The van der Waals surface area contributed by atoms with Gasteiger partial charge >= 0.3 is 5.97 Å². The molecule has 0 spiro atoms. The highest BCUT2D eigenvalue weighted by molar-refractivity contribution is 5.96. The van der Waals surface area contributed by atoms with Crippen molar-refractivity contribution in [1.29, 1.82) is 0 Å². The van der Waals surface area contributed by atoms with Crippen LogP contribution in [-0.2, 0) is 14.3 Å². The molecule has 0 bridgehead atoms. The standard InChI is InChI=1S/C19H24O5/c1-8(2)9-4-11-10(12(20)5-9)6-13(21)17-16-14(7-19(17,3)23)24-18(22)15(11)16/h6,9,11-12,14-17,20,23H,1,4-5,7H2,2-3H3/t9-,11-,12+,14+,15+,16-,17+,19-/m1/s1. The lowest BCUT2D eigenvalue weighted by Gasteiger charge is -2.38. The number of esters is 1. The van der Waals surface area contributed by atoms with Gasteiger partial charge in [-0.25, -0.2) is 0 Å². The molecule has 4 aliphatic rings. The maximum absolute atomic E-state index is 12.8. The first-order valence-electron chi connectivity index (χ1n) is 8.72. The number of aliphatic hydroxyl groups is 2. The minimum absolute atomic E-state index is 0.127. The normalized spacial score (nSPS) is 49.8. The number of carbonyl (C=O) groups excluding carboxylic acids is 2. The Morgan fingerprint density at radius 3 is 2.75 bits per heavy atom. The fourth-order valence-corrected chi connectivity index (χ4v) is 5.58. The summed E-state index contributed by atoms with van der Waals surface area (Å²) in [5, 5.41) is 21.3. The van der Waals surface area contributed by atoms with Crippen LogP contribution in [0.2, 0.25) is 0 Å². The Morgan fingerprint density at radius 1 is 1.38 bits per heavy atom. The average Bonchev–Trinajstić information content (AvgIpc) is 2.83. The van der Waals surface area contributed by atoms with E-state index in [4.69, 9.17) is 4.74 Å². The molecule has 1 saturated heterocycles. The van der Waals surface area contributed by atoms with E-state index in [-0.39, 0.29) is 29.5 Å². The Hall–Kier alpha value is -1.46. The van der Waals surface area contributed by atoms with Crippen LogP contribution in [0, 0.1) is 29.6 Å². The van der Waals surface area contributed by atoms with E-state index < -0.39 is 29.6 Å². The molecule has 24 heavy (non-hydrogen) atoms. The molecule has 0 radical (unpaired) electrons. The molecule has 0 aromatic heterocycles. The van der Waals surface area contributed by atoms with Gasteiger partial charge in [-0.1, -0.05) is 12.2 Å². The highest BCUT2D eigenvalue weighted by Crippen LogP contribution is 2.57. The van der Waals surface area contributed by atoms with Crippen molar-refractivity contribution in [3.8, 4) is 0 Å². The number of carbonyl (C=O) groups is 2. The zero-order valence-corrected chi connectivity index (χ0v) is 14.1. The van der Waals surface area contributed by atoms with Gasteiger partial charge < -0.3 is 14.9 Å². The highest BCUT2D eigenvalue weighted by atomic mass is 16.6. The van der Waals surface area contributed by atoms with Gasteiger partial charge in [0, 0.05) is 12.3 Å². The predicted octanol–water partition coefficient (Wildman–Crippen LogP) is 1.39. The maximum Gasteiger partial charge on any atom is 0.310 e. The van der Waals surface area contributed by atoms with Gasteiger partial charge in [-0.2, -0.15) is 0 Å². The van der Waals surface area contributed by atoms with Crippen LogP contribution in [-0.4, -0.2) is 39.8 Å². The molecule has 0 aromatic carbocycles. The number of hydrogen-bond donors (Lipinski definition) is 2. The van der Waals surface area contributed by atoms with Crippen LogP contribution in [0.25, 0.3) is 0 Å². The van der Waals surface area contributed by atoms with Crippen molar-refractivity contribution < 1.29 is 24.5 Å². The summed E-state index contributed by atoms with van der Waals surface area (Å²) in [6.45, 7) is 7.59. The lowest BCUT2D eigenvalue weighted by atomic mass is 9.66. The van der Waals surface area contributed by atoms with Crippen molar-refractivity contribution in [2.45, 2.75) is 50.9 Å². The number of hydrogen-bond acceptors (Lipinski definition) is 5. The van der Waals surface area contributed by atoms with Crippen LogP contribution >= 0.6 is 0 Å². The van der Waals surface area contributed by atoms with E-state index in [1.165, 1.54) is 6.08 Å². The van der Waals surface area contributed by atoms with Crippen molar-refractivity contribution >= 4 is 11.8 Å². The first-order chi connectivity index (χ1) is 11.2. The molecule has 3 fully saturated rings. The van der Waals surface area contributed by atoms with E-state index >= 15 is 0 Å². The van der Waals surface area contributed by atoms with Gasteiger partial charge in [-0.3, -0.25) is 9.59 Å². The van der Waals surface area contributed by atoms with Crippen LogP contribution < -0.4 is 0 Å². The van der Waals surface area contributed by atoms with Crippen molar-refractivity contribution in [1.82, 2.24) is 0 Å². The van der Waals surface area contributed by atoms with Gasteiger partial charge in [0.2, 0.25) is 0 Å². The smallest absolute Gasteiger partial charge is 0.310 e. The fraction of sp³-hybridized carbons (Fsp3) is 0.684. The van der Waals surface area contributed by atoms with Crippen molar-refractivity contribution in [3.63, 3.8) is 0 Å². The third kappa shape index (κ3) is 2.07. The Bertz CT molecular complexity index is 661. The molecular formula is C19H24O5. The number of aliphatic hydroxyl groups excluding tert-OH is 1. The second-order valence-electron chi connectivity index (χ2n) is 8.30. The fourth-order valence-electron chi connectivity index (χ4n) is 5.58. The zero-order chi connectivity index (χ0) is 17.4. The molecule has 2 saturated carbocycles. The van der Waals surface area contributed by atoms with Crippen LogP contribution in [0.1, 0.15) is 33.1 Å². The topological polar surface area (TPSA) is 83.8 Å². The molecule has 5 nitrogen and oxygen atoms in total. The lowest BCUT2D eigenvalue weighted by Crippen LogP contribution is -2.41. The summed E-state index contributed by atoms with van der Waals surface area (Å²) in [7, 11) is 0. The minimum Gasteiger partial charge on any atom is -0.462 e. The van der Waals surface area contributed by atoms with Gasteiger partial charge in [-0.05, 0) is 50.2 Å². The SMILES string of the molecule is C=C(C)[C@@H]1C[C@@H]2C(=CC(=O)[C@H]3[C@H]4[C@H]2C(=O)O[C@H]4C[C@@]3(C)O)[C@@H](O)C1. The maximum atomic E-state index is 12.8. The van der Waals surface area contributed by atoms with Gasteiger partial charge in [0.05, 0.1) is 23.5 Å². The summed E-state index contributed by atoms with van der Waals surface area (Å²) < 4.78 is 5.54. The molecule has 0 amide bonds. The van der Waals surface area contributed by atoms with Gasteiger partial charge in [0.25, 0.3) is 0 Å². The molecule has 0 aromatic rings. The Balaban J connectivity index is 1.82. The number of fused-ring (bicyclic) bond motifs is 2. The molecule has 4 rings (SSSR count). The first-order valence-corrected chi connectivity index (χ1v) is 8.72. The Labute approximate surface area is 141 Å². The second-order valence-corrected chi connectivity index (χ2v) is 8.30. The molecule has 1 aliphatic heterocycles. The number of ketones is 1. The monoisotopic (exact) mass is 332 g/mol. The summed E-state index contributed by atoms with van der Waals surface area (Å²) in [6, 6.07) is 0. The van der Waals surface area contributed by atoms with E-state index in [1.807, 2.05) is 6.92 Å². The second kappa shape index (κ2) is 5.02. The van der Waals surface area contributed by atoms with E-state index in [0.29, 0.717) is 24.8 Å². The number of allylic oxidation sites excluding steroid dienone is 2. The molecule has 3 aliphatic carbocycles. The highest BCUT2D eigenvalue weighted by Gasteiger charge is 2.65. The van der Waals surface area contributed by atoms with Gasteiger partial charge in [-0.15, -0.1) is 0 Å². The van der Waals surface area contributed by atoms with Gasteiger partial charge in [0.1, 0.15) is 6.10 Å². The van der Waals surface area contributed by atoms with Crippen molar-refractivity contribution in [3.05, 3.63) is 23.8 Å². The zero-order valence-electron chi connectivity index (χ0n) is 14.1. The van der Waals surface area contributed by atoms with E-state index in [9.17, 15) is 19.8 Å². The minimum atomic E-state index is -1.17. The first kappa shape index (κ1) is 16.0. The summed E-state index contributed by atoms with van der Waals surface area (Å²) in [5.74, 6) is -1.93. The third-order valence-corrected chi connectivity index (χ3v) is 6.66. The lowest BCUT2D eigenvalue weighted by molar-refractivity contribution is -0.147. The average molecular weight is 332 g/mol. The molecule has 5 heteroatoms. The number of ether oxygens (including phenoxy) is 1. The molecular weight excluding hydrogens is 308 g/mol. The summed E-state index contributed by atoms with van der Waals surface area (Å²) >= 11 is 0. The van der Waals surface area contributed by atoms with Crippen molar-refractivity contribution in [2.24, 2.45) is 29.6 Å². The third-order valence-electron chi connectivity index (χ3n) is 6.66. The van der Waals surface area contributed by atoms with Crippen LogP contribution in [0.3, 0.4) is 0 Å². The van der Waals surface area contributed by atoms with Crippen LogP contribution in [0.5, 0.6) is 0 Å². The molecule has 130 valence electrons. The van der Waals surface area contributed by atoms with Crippen molar-refractivity contribution in [2.75, 3.05) is 0 Å².